The van der Waals surface area contributed by atoms with Gasteiger partial charge in [-0.3, -0.25) is 9.59 Å². The number of benzene rings is 3. The van der Waals surface area contributed by atoms with Gasteiger partial charge in [0.15, 0.2) is 0 Å². The van der Waals surface area contributed by atoms with Gasteiger partial charge in [-0.15, -0.1) is 0 Å². The van der Waals surface area contributed by atoms with E-state index >= 15 is 0 Å². The van der Waals surface area contributed by atoms with E-state index in [2.05, 4.69) is 106 Å². The quantitative estimate of drug-likeness (QED) is 0.0899. The Morgan fingerprint density at radius 1 is 0.677 bits per heavy atom. The highest BCUT2D eigenvalue weighted by Gasteiger charge is 2.47. The van der Waals surface area contributed by atoms with Crippen LogP contribution in [0.25, 0.3) is 44.8 Å². The molecule has 4 atom stereocenters. The van der Waals surface area contributed by atoms with Crippen LogP contribution in [0.3, 0.4) is 0 Å². The average molecular weight is 901 g/mol. The number of nitrogens with zero attached hydrogens (tertiary/aromatic N) is 4. The number of methoxy groups -OCH3 is 2. The lowest BCUT2D eigenvalue weighted by atomic mass is 9.90. The van der Waals surface area contributed by atoms with Crippen LogP contribution in [0.1, 0.15) is 63.3 Å². The van der Waals surface area contributed by atoms with Crippen LogP contribution in [0.4, 0.5) is 9.59 Å². The number of alkyl carbamates (subject to hydrolysis) is 2. The molecular formula is C49H60N8O7Si. The van der Waals surface area contributed by atoms with E-state index in [1.54, 1.807) is 0 Å². The van der Waals surface area contributed by atoms with Gasteiger partial charge in [0.25, 0.3) is 0 Å². The smallest absolute Gasteiger partial charge is 0.407 e. The van der Waals surface area contributed by atoms with E-state index in [0.717, 1.165) is 75.3 Å². The molecule has 3 aromatic carbocycles. The topological polar surface area (TPSA) is 184 Å². The van der Waals surface area contributed by atoms with Gasteiger partial charge in [0.05, 0.1) is 58.2 Å². The van der Waals surface area contributed by atoms with E-state index in [9.17, 15) is 19.2 Å². The number of aromatic amines is 2. The van der Waals surface area contributed by atoms with Crippen LogP contribution >= 0.6 is 0 Å². The number of aromatic nitrogens is 4. The molecule has 0 unspecified atom stereocenters. The minimum atomic E-state index is -1.78. The summed E-state index contributed by atoms with van der Waals surface area (Å²) in [6, 6.07) is 24.4. The zero-order chi connectivity index (χ0) is 45.8. The van der Waals surface area contributed by atoms with E-state index in [-0.39, 0.29) is 35.7 Å². The van der Waals surface area contributed by atoms with Crippen LogP contribution in [-0.4, -0.2) is 114 Å². The molecule has 342 valence electrons. The maximum Gasteiger partial charge on any atom is 0.407 e. The van der Waals surface area contributed by atoms with E-state index in [1.807, 2.05) is 36.0 Å². The minimum Gasteiger partial charge on any atom is -0.453 e. The fraction of sp³-hybridized carbons (Fsp3) is 0.429. The molecule has 3 aliphatic rings. The zero-order valence-corrected chi connectivity index (χ0v) is 39.1. The van der Waals surface area contributed by atoms with Crippen molar-refractivity contribution < 1.29 is 33.4 Å². The van der Waals surface area contributed by atoms with Crippen LogP contribution in [0.15, 0.2) is 85.2 Å². The fourth-order valence-corrected chi connectivity index (χ4v) is 12.5. The second kappa shape index (κ2) is 19.5. The molecule has 8 rings (SSSR count). The van der Waals surface area contributed by atoms with Gasteiger partial charge in [0.1, 0.15) is 23.7 Å². The van der Waals surface area contributed by atoms with Crippen LogP contribution < -0.4 is 10.6 Å². The maximum absolute atomic E-state index is 14.3. The Morgan fingerprint density at radius 3 is 1.65 bits per heavy atom. The molecule has 5 aromatic rings. The minimum absolute atomic E-state index is 0.0290. The summed E-state index contributed by atoms with van der Waals surface area (Å²) in [6.45, 7) is 10.1. The summed E-state index contributed by atoms with van der Waals surface area (Å²) >= 11 is 0. The van der Waals surface area contributed by atoms with Crippen molar-refractivity contribution in [2.75, 3.05) is 40.1 Å². The van der Waals surface area contributed by atoms with Crippen molar-refractivity contribution in [3.8, 4) is 44.8 Å². The van der Waals surface area contributed by atoms with Crippen LogP contribution in [0, 0.1) is 11.8 Å². The van der Waals surface area contributed by atoms with E-state index < -0.39 is 32.3 Å². The summed E-state index contributed by atoms with van der Waals surface area (Å²) in [7, 11) is 0.834. The number of rotatable bonds is 12. The lowest BCUT2D eigenvalue weighted by Crippen LogP contribution is -2.53. The fourth-order valence-electron chi connectivity index (χ4n) is 9.58. The van der Waals surface area contributed by atoms with E-state index in [1.165, 1.54) is 14.2 Å². The van der Waals surface area contributed by atoms with Gasteiger partial charge in [-0.1, -0.05) is 99.7 Å². The first-order valence-corrected chi connectivity index (χ1v) is 26.0. The van der Waals surface area contributed by atoms with Gasteiger partial charge in [0, 0.05) is 25.9 Å². The van der Waals surface area contributed by atoms with Crippen LogP contribution in [0.2, 0.25) is 19.1 Å². The summed E-state index contributed by atoms with van der Waals surface area (Å²) < 4.78 is 15.3. The monoisotopic (exact) mass is 900 g/mol. The number of H-pyrrole nitrogens is 2. The molecule has 0 bridgehead atoms. The highest BCUT2D eigenvalue weighted by Crippen LogP contribution is 2.39. The Kier molecular flexibility index (Phi) is 13.6. The summed E-state index contributed by atoms with van der Waals surface area (Å²) in [6.07, 6.45) is 6.15. The summed E-state index contributed by atoms with van der Waals surface area (Å²) in [5, 5.41) is 5.56. The molecule has 2 aromatic heterocycles. The van der Waals surface area contributed by atoms with Crippen LogP contribution in [0.5, 0.6) is 0 Å². The number of carbonyl (C=O) groups is 4. The molecule has 0 aliphatic carbocycles. The second-order valence-corrected chi connectivity index (χ2v) is 23.6. The van der Waals surface area contributed by atoms with Crippen molar-refractivity contribution in [3.05, 3.63) is 96.8 Å². The first-order chi connectivity index (χ1) is 31.3. The number of carbonyl (C=O) groups excluding carboxylic acids is 4. The highest BCUT2D eigenvalue weighted by molar-refractivity contribution is 6.78. The molecule has 3 fully saturated rings. The van der Waals surface area contributed by atoms with Crippen LogP contribution in [-0.2, 0) is 23.8 Å². The SMILES string of the molecule is COC(=O)N[C@H](C(=O)N1CCC[C@H]1c1ncc(-c2ccc(-c3ccc(-c4ccc(-c5cnc([C@@H]6C[Si](C)(C)CN6C(=O)[C@@H](NC(=O)OC)C6CCOCC6)[nH]5)cc4)cc3)cc2)[nH]1)C(C)C. The molecule has 0 radical (unpaired) electrons. The van der Waals surface area contributed by atoms with Crippen molar-refractivity contribution in [2.24, 2.45) is 11.8 Å². The molecular weight excluding hydrogens is 841 g/mol. The third-order valence-corrected chi connectivity index (χ3v) is 15.8. The first kappa shape index (κ1) is 45.3. The van der Waals surface area contributed by atoms with Gasteiger partial charge >= 0.3 is 12.2 Å². The second-order valence-electron chi connectivity index (χ2n) is 18.6. The molecule has 16 heteroatoms. The molecule has 5 heterocycles. The molecule has 3 aliphatic heterocycles. The molecule has 4 N–H and O–H groups in total. The normalized spacial score (nSPS) is 19.5. The van der Waals surface area contributed by atoms with E-state index in [4.69, 9.17) is 24.2 Å². The highest BCUT2D eigenvalue weighted by atomic mass is 28.3. The maximum atomic E-state index is 14.3. The lowest BCUT2D eigenvalue weighted by Gasteiger charge is -2.34. The Hall–Kier alpha value is -6.26. The third kappa shape index (κ3) is 10.0. The summed E-state index contributed by atoms with van der Waals surface area (Å²) in [4.78, 5) is 72.5. The molecule has 4 amide bonds. The van der Waals surface area contributed by atoms with E-state index in [0.29, 0.717) is 38.8 Å². The lowest BCUT2D eigenvalue weighted by molar-refractivity contribution is -0.136. The number of amides is 4. The summed E-state index contributed by atoms with van der Waals surface area (Å²) in [5.41, 5.74) is 8.10. The molecule has 3 saturated heterocycles. The van der Waals surface area contributed by atoms with Gasteiger partial charge in [0.2, 0.25) is 11.8 Å². The van der Waals surface area contributed by atoms with Crippen molar-refractivity contribution in [1.82, 2.24) is 40.4 Å². The Balaban J connectivity index is 0.910. The van der Waals surface area contributed by atoms with Crippen molar-refractivity contribution >= 4 is 32.1 Å². The Labute approximate surface area is 381 Å². The zero-order valence-electron chi connectivity index (χ0n) is 38.1. The van der Waals surface area contributed by atoms with Crippen molar-refractivity contribution in [3.63, 3.8) is 0 Å². The number of nitrogens with one attached hydrogen (secondary N) is 4. The predicted octanol–water partition coefficient (Wildman–Crippen LogP) is 8.13. The number of hydrogen-bond donors (Lipinski definition) is 4. The molecule has 15 nitrogen and oxygen atoms in total. The molecule has 0 spiro atoms. The largest absolute Gasteiger partial charge is 0.453 e. The van der Waals surface area contributed by atoms with Crippen molar-refractivity contribution in [1.29, 1.82) is 0 Å². The van der Waals surface area contributed by atoms with Gasteiger partial charge in [-0.25, -0.2) is 19.6 Å². The van der Waals surface area contributed by atoms with Gasteiger partial charge in [-0.05, 0) is 76.9 Å². The summed E-state index contributed by atoms with van der Waals surface area (Å²) in [5.74, 6) is 1.13. The number of hydrogen-bond acceptors (Lipinski definition) is 9. The molecule has 0 saturated carbocycles. The average Bonchev–Trinajstić information content (AvgIpc) is 4.17. The predicted molar refractivity (Wildman–Crippen MR) is 250 cm³/mol. The van der Waals surface area contributed by atoms with Gasteiger partial charge < -0.3 is 44.6 Å². The molecule has 65 heavy (non-hydrogen) atoms. The number of ether oxygens (including phenoxy) is 3. The Morgan fingerprint density at radius 2 is 1.15 bits per heavy atom. The third-order valence-electron chi connectivity index (χ3n) is 13.2. The van der Waals surface area contributed by atoms with Gasteiger partial charge in [-0.2, -0.15) is 0 Å². The first-order valence-electron chi connectivity index (χ1n) is 22.6. The van der Waals surface area contributed by atoms with Crippen molar-refractivity contribution in [2.45, 2.75) is 82.8 Å². The standard InChI is InChI=1S/C49H60N8O7Si/c1-30(2)42(54-48(60)62-3)46(58)56-23-7-8-40(56)44-50-26-38(52-44)35-17-13-33(14-18-35)31-9-11-32(12-10-31)34-15-19-36(20-16-34)39-27-51-45(53-39)41-28-65(5,6)29-57(41)47(59)43(55-49(61)63-4)37-21-24-64-25-22-37/h9-20,26-27,30,37,40-43H,7-8,21-25,28-29H2,1-6H3,(H,50,52)(H,51,53)(H,54,60)(H,55,61)/t40-,41-,42-,43-/m0/s1. The number of imidazole rings is 2. The Bertz CT molecular complexity index is 2460. The number of likely N-dealkylation sites (tertiary alicyclic amines) is 1.